The molecule has 0 bridgehead atoms. The molecule has 0 aliphatic heterocycles. The number of hydrogen-bond donors (Lipinski definition) is 1. The molecule has 36 heavy (non-hydrogen) atoms. The predicted octanol–water partition coefficient (Wildman–Crippen LogP) is 6.45. The molecule has 0 radical (unpaired) electrons. The molecule has 7 nitrogen and oxygen atoms in total. The largest absolute Gasteiger partial charge is 0.497 e. The van der Waals surface area contributed by atoms with Gasteiger partial charge in [0.25, 0.3) is 0 Å². The van der Waals surface area contributed by atoms with E-state index in [2.05, 4.69) is 20.5 Å². The minimum Gasteiger partial charge on any atom is -0.497 e. The Kier molecular flexibility index (Phi) is 7.31. The fourth-order valence-electron chi connectivity index (χ4n) is 3.47. The number of nitrogens with one attached hydrogen (secondary N) is 1. The maximum absolute atomic E-state index is 12.7. The van der Waals surface area contributed by atoms with Crippen molar-refractivity contribution in [2.45, 2.75) is 5.16 Å². The van der Waals surface area contributed by atoms with E-state index in [4.69, 9.17) is 16.3 Å². The van der Waals surface area contributed by atoms with E-state index in [0.717, 1.165) is 28.3 Å². The van der Waals surface area contributed by atoms with E-state index < -0.39 is 0 Å². The Balaban J connectivity index is 1.35. The maximum Gasteiger partial charge on any atom is 0.236 e. The number of nitrogens with zero attached hydrogens (tertiary/aromatic N) is 4. The summed E-state index contributed by atoms with van der Waals surface area (Å²) in [5.41, 5.74) is 3.54. The minimum atomic E-state index is -0.175. The van der Waals surface area contributed by atoms with Crippen LogP contribution in [0.25, 0.3) is 28.3 Å². The highest BCUT2D eigenvalue weighted by molar-refractivity contribution is 7.99. The van der Waals surface area contributed by atoms with Gasteiger partial charge in [-0.15, -0.1) is 21.5 Å². The number of benzene rings is 3. The number of hydrogen-bond acceptors (Lipinski definition) is 7. The summed E-state index contributed by atoms with van der Waals surface area (Å²) >= 11 is 8.76. The van der Waals surface area contributed by atoms with Crippen LogP contribution in [0.2, 0.25) is 5.02 Å². The van der Waals surface area contributed by atoms with Crippen molar-refractivity contribution in [1.29, 1.82) is 0 Å². The standard InChI is InChI=1S/C26H20ClN5O2S2/c1-34-21-13-11-20(12-14-21)32-24(18-7-9-19(27)10-8-18)30-31-26(32)36-16-23(33)29-25-28-22(15-35-25)17-5-3-2-4-6-17/h2-15H,16H2,1H3,(H,28,29,33). The van der Waals surface area contributed by atoms with Crippen LogP contribution < -0.4 is 10.1 Å². The summed E-state index contributed by atoms with van der Waals surface area (Å²) in [6.45, 7) is 0. The Hall–Kier alpha value is -3.66. The van der Waals surface area contributed by atoms with Crippen LogP contribution >= 0.6 is 34.7 Å². The van der Waals surface area contributed by atoms with Gasteiger partial charge < -0.3 is 10.1 Å². The molecule has 0 saturated heterocycles. The number of amides is 1. The van der Waals surface area contributed by atoms with E-state index >= 15 is 0 Å². The molecule has 0 unspecified atom stereocenters. The first-order chi connectivity index (χ1) is 17.6. The molecule has 3 aromatic carbocycles. The van der Waals surface area contributed by atoms with E-state index in [1.165, 1.54) is 23.1 Å². The normalized spacial score (nSPS) is 10.8. The Labute approximate surface area is 221 Å². The van der Waals surface area contributed by atoms with Crippen molar-refractivity contribution in [3.05, 3.63) is 89.3 Å². The summed E-state index contributed by atoms with van der Waals surface area (Å²) in [5, 5.41) is 15.4. The molecule has 5 aromatic rings. The number of halogens is 1. The van der Waals surface area contributed by atoms with E-state index in [-0.39, 0.29) is 11.7 Å². The smallest absolute Gasteiger partial charge is 0.236 e. The topological polar surface area (TPSA) is 81.9 Å². The van der Waals surface area contributed by atoms with Crippen molar-refractivity contribution in [3.8, 4) is 34.1 Å². The van der Waals surface area contributed by atoms with Crippen molar-refractivity contribution in [2.75, 3.05) is 18.2 Å². The summed E-state index contributed by atoms with van der Waals surface area (Å²) in [5.74, 6) is 1.36. The second-order valence-corrected chi connectivity index (χ2v) is 9.82. The summed E-state index contributed by atoms with van der Waals surface area (Å²) in [6.07, 6.45) is 0. The van der Waals surface area contributed by atoms with Gasteiger partial charge in [0.15, 0.2) is 16.1 Å². The molecule has 2 aromatic heterocycles. The molecule has 2 heterocycles. The van der Waals surface area contributed by atoms with Crippen LogP contribution in [0.1, 0.15) is 0 Å². The Bertz CT molecular complexity index is 1470. The minimum absolute atomic E-state index is 0.148. The van der Waals surface area contributed by atoms with E-state index in [0.29, 0.717) is 21.1 Å². The Morgan fingerprint density at radius 1 is 1.00 bits per heavy atom. The molecule has 0 atom stereocenters. The van der Waals surface area contributed by atoms with Gasteiger partial charge >= 0.3 is 0 Å². The van der Waals surface area contributed by atoms with Gasteiger partial charge in [0.2, 0.25) is 5.91 Å². The highest BCUT2D eigenvalue weighted by Gasteiger charge is 2.18. The molecule has 180 valence electrons. The van der Waals surface area contributed by atoms with Gasteiger partial charge in [-0.3, -0.25) is 9.36 Å². The first-order valence-electron chi connectivity index (χ1n) is 10.9. The lowest BCUT2D eigenvalue weighted by Gasteiger charge is -2.11. The highest BCUT2D eigenvalue weighted by atomic mass is 35.5. The van der Waals surface area contributed by atoms with Crippen molar-refractivity contribution in [1.82, 2.24) is 19.7 Å². The van der Waals surface area contributed by atoms with Crippen LogP contribution in [0.4, 0.5) is 5.13 Å². The number of aromatic nitrogens is 4. The number of ether oxygens (including phenoxy) is 1. The molecule has 0 spiro atoms. The fourth-order valence-corrected chi connectivity index (χ4v) is 5.09. The van der Waals surface area contributed by atoms with Crippen LogP contribution in [0.5, 0.6) is 5.75 Å². The Morgan fingerprint density at radius 2 is 1.75 bits per heavy atom. The quantitative estimate of drug-likeness (QED) is 0.231. The predicted molar refractivity (Wildman–Crippen MR) is 145 cm³/mol. The van der Waals surface area contributed by atoms with Gasteiger partial charge in [-0.25, -0.2) is 4.98 Å². The van der Waals surface area contributed by atoms with Gasteiger partial charge in [-0.2, -0.15) is 0 Å². The first kappa shape index (κ1) is 24.1. The third kappa shape index (κ3) is 5.43. The highest BCUT2D eigenvalue weighted by Crippen LogP contribution is 2.30. The number of carbonyl (C=O) groups excluding carboxylic acids is 1. The van der Waals surface area contributed by atoms with Crippen LogP contribution in [0.3, 0.4) is 0 Å². The fraction of sp³-hybridized carbons (Fsp3) is 0.0769. The first-order valence-corrected chi connectivity index (χ1v) is 13.1. The Morgan fingerprint density at radius 3 is 2.47 bits per heavy atom. The summed E-state index contributed by atoms with van der Waals surface area (Å²) in [6, 6.07) is 24.8. The monoisotopic (exact) mass is 533 g/mol. The lowest BCUT2D eigenvalue weighted by atomic mass is 10.2. The van der Waals surface area contributed by atoms with Crippen molar-refractivity contribution in [3.63, 3.8) is 0 Å². The third-order valence-corrected chi connectivity index (χ3v) is 7.16. The van der Waals surface area contributed by atoms with Gasteiger partial charge in [0, 0.05) is 27.2 Å². The number of methoxy groups -OCH3 is 1. The average Bonchev–Trinajstić information content (AvgIpc) is 3.56. The molecule has 0 aliphatic carbocycles. The zero-order valence-electron chi connectivity index (χ0n) is 19.1. The van der Waals surface area contributed by atoms with E-state index in [1.54, 1.807) is 7.11 Å². The zero-order chi connectivity index (χ0) is 24.9. The SMILES string of the molecule is COc1ccc(-n2c(SCC(=O)Nc3nc(-c4ccccc4)cs3)nnc2-c2ccc(Cl)cc2)cc1. The van der Waals surface area contributed by atoms with Crippen molar-refractivity contribution >= 4 is 45.7 Å². The molecule has 1 N–H and O–H groups in total. The number of thioether (sulfide) groups is 1. The van der Waals surface area contributed by atoms with Gasteiger partial charge in [0.1, 0.15) is 5.75 Å². The van der Waals surface area contributed by atoms with Crippen LogP contribution in [0, 0.1) is 0 Å². The summed E-state index contributed by atoms with van der Waals surface area (Å²) < 4.78 is 7.21. The third-order valence-electron chi connectivity index (χ3n) is 5.22. The number of rotatable bonds is 8. The van der Waals surface area contributed by atoms with Crippen LogP contribution in [-0.2, 0) is 4.79 Å². The molecule has 0 fully saturated rings. The van der Waals surface area contributed by atoms with E-state index in [1.807, 2.05) is 88.8 Å². The summed E-state index contributed by atoms with van der Waals surface area (Å²) in [4.78, 5) is 17.3. The lowest BCUT2D eigenvalue weighted by molar-refractivity contribution is -0.113. The maximum atomic E-state index is 12.7. The summed E-state index contributed by atoms with van der Waals surface area (Å²) in [7, 11) is 1.62. The second kappa shape index (κ2) is 10.9. The zero-order valence-corrected chi connectivity index (χ0v) is 21.5. The molecule has 5 rings (SSSR count). The molecular weight excluding hydrogens is 514 g/mol. The van der Waals surface area contributed by atoms with E-state index in [9.17, 15) is 4.79 Å². The van der Waals surface area contributed by atoms with Gasteiger partial charge in [-0.1, -0.05) is 53.7 Å². The number of anilines is 1. The van der Waals surface area contributed by atoms with Crippen molar-refractivity contribution in [2.24, 2.45) is 0 Å². The van der Waals surface area contributed by atoms with Crippen molar-refractivity contribution < 1.29 is 9.53 Å². The number of thiazole rings is 1. The molecule has 0 saturated carbocycles. The average molecular weight is 534 g/mol. The number of carbonyl (C=O) groups is 1. The van der Waals surface area contributed by atoms with Gasteiger partial charge in [-0.05, 0) is 48.5 Å². The van der Waals surface area contributed by atoms with Crippen LogP contribution in [0.15, 0.2) is 89.4 Å². The second-order valence-electron chi connectivity index (χ2n) is 7.59. The van der Waals surface area contributed by atoms with Gasteiger partial charge in [0.05, 0.1) is 18.6 Å². The molecular formula is C26H20ClN5O2S2. The van der Waals surface area contributed by atoms with Crippen LogP contribution in [-0.4, -0.2) is 38.5 Å². The molecule has 10 heteroatoms. The molecule has 0 aliphatic rings. The lowest BCUT2D eigenvalue weighted by Crippen LogP contribution is -2.14. The molecule has 1 amide bonds.